The molecule has 0 fully saturated rings. The van der Waals surface area contributed by atoms with Gasteiger partial charge in [0.15, 0.2) is 5.78 Å². The number of hydrogen-bond acceptors (Lipinski definition) is 5. The zero-order valence-corrected chi connectivity index (χ0v) is 18.6. The van der Waals surface area contributed by atoms with Crippen LogP contribution in [0.15, 0.2) is 59.3 Å². The third-order valence-corrected chi connectivity index (χ3v) is 6.10. The molecule has 1 atom stereocenters. The number of fused-ring (bicyclic) bond motifs is 2. The minimum absolute atomic E-state index is 0.0883. The molecule has 0 amide bonds. The summed E-state index contributed by atoms with van der Waals surface area (Å²) < 4.78 is 11.5. The monoisotopic (exact) mass is 511 g/mol. The average molecular weight is 511 g/mol. The van der Waals surface area contributed by atoms with E-state index in [0.717, 1.165) is 20.4 Å². The highest BCUT2D eigenvalue weighted by molar-refractivity contribution is 14.1. The van der Waals surface area contributed by atoms with Crippen LogP contribution in [0.2, 0.25) is 0 Å². The second-order valence-corrected chi connectivity index (χ2v) is 8.10. The Morgan fingerprint density at radius 1 is 1.23 bits per heavy atom. The predicted molar refractivity (Wildman–Crippen MR) is 122 cm³/mol. The first-order chi connectivity index (χ1) is 14.5. The van der Waals surface area contributed by atoms with Gasteiger partial charge in [-0.2, -0.15) is 0 Å². The van der Waals surface area contributed by atoms with Gasteiger partial charge in [0.2, 0.25) is 0 Å². The number of halogens is 1. The van der Waals surface area contributed by atoms with E-state index in [1.165, 1.54) is 7.11 Å². The van der Waals surface area contributed by atoms with E-state index in [4.69, 9.17) is 15.9 Å². The van der Waals surface area contributed by atoms with Crippen LogP contribution >= 0.6 is 22.6 Å². The van der Waals surface area contributed by atoms with Crippen LogP contribution in [0.1, 0.15) is 34.3 Å². The van der Waals surface area contributed by atoms with Crippen LogP contribution in [0.5, 0.6) is 5.75 Å². The maximum Gasteiger partial charge on any atom is 0.336 e. The molecule has 1 aliphatic carbocycles. The van der Waals surface area contributed by atoms with E-state index in [1.807, 2.05) is 49.4 Å². The van der Waals surface area contributed by atoms with Crippen LogP contribution < -0.4 is 10.1 Å². The molecule has 5 nitrogen and oxygen atoms in total. The molecule has 0 aromatic heterocycles. The van der Waals surface area contributed by atoms with Crippen molar-refractivity contribution in [1.29, 1.82) is 0 Å². The van der Waals surface area contributed by atoms with E-state index in [0.29, 0.717) is 28.2 Å². The van der Waals surface area contributed by atoms with Crippen molar-refractivity contribution in [3.8, 4) is 18.1 Å². The first-order valence-corrected chi connectivity index (χ1v) is 10.4. The largest absolute Gasteiger partial charge is 0.480 e. The van der Waals surface area contributed by atoms with Crippen molar-refractivity contribution in [1.82, 2.24) is 5.32 Å². The molecule has 0 radical (unpaired) electrons. The number of terminal acetylenes is 1. The fourth-order valence-electron chi connectivity index (χ4n) is 3.98. The average Bonchev–Trinajstić information content (AvgIpc) is 3.03. The summed E-state index contributed by atoms with van der Waals surface area (Å²) >= 11 is 2.16. The summed E-state index contributed by atoms with van der Waals surface area (Å²) in [5.41, 5.74) is 4.66. The smallest absolute Gasteiger partial charge is 0.336 e. The fourth-order valence-corrected chi connectivity index (χ4v) is 4.67. The number of ketones is 1. The number of methoxy groups -OCH3 is 1. The van der Waals surface area contributed by atoms with Crippen molar-refractivity contribution in [2.24, 2.45) is 0 Å². The summed E-state index contributed by atoms with van der Waals surface area (Å²) in [5.74, 6) is 1.99. The van der Waals surface area contributed by atoms with Gasteiger partial charge in [-0.25, -0.2) is 4.79 Å². The number of ether oxygens (including phenoxy) is 2. The standard InChI is InChI=1S/C24H18INO4/c1-4-11-30-18-10-9-14(12-17(18)25)20-19(24(28)29-3)13(2)26-22-15-7-5-6-8-16(15)23(27)21(20)22/h1,5-10,12,20,26H,11H2,2-3H3/t20-/m1/s1. The number of carbonyl (C=O) groups is 2. The lowest BCUT2D eigenvalue weighted by atomic mass is 9.80. The first-order valence-electron chi connectivity index (χ1n) is 9.28. The number of dihydropyridines is 1. The van der Waals surface area contributed by atoms with Crippen LogP contribution in [0.4, 0.5) is 0 Å². The minimum Gasteiger partial charge on any atom is -0.480 e. The Labute approximate surface area is 188 Å². The molecule has 2 aromatic carbocycles. The van der Waals surface area contributed by atoms with E-state index >= 15 is 0 Å². The number of benzene rings is 2. The molecule has 4 rings (SSSR count). The summed E-state index contributed by atoms with van der Waals surface area (Å²) in [4.78, 5) is 26.1. The van der Waals surface area contributed by atoms with Gasteiger partial charge < -0.3 is 14.8 Å². The van der Waals surface area contributed by atoms with Crippen molar-refractivity contribution in [3.63, 3.8) is 0 Å². The van der Waals surface area contributed by atoms with E-state index in [2.05, 4.69) is 33.8 Å². The van der Waals surface area contributed by atoms with Gasteiger partial charge in [0.25, 0.3) is 0 Å². The Bertz CT molecular complexity index is 1190. The number of nitrogens with one attached hydrogen (secondary N) is 1. The Morgan fingerprint density at radius 3 is 2.63 bits per heavy atom. The van der Waals surface area contributed by atoms with Gasteiger partial charge in [0, 0.05) is 28.3 Å². The van der Waals surface area contributed by atoms with Crippen molar-refractivity contribution in [2.45, 2.75) is 12.8 Å². The number of carbonyl (C=O) groups excluding carboxylic acids is 2. The first kappa shape index (κ1) is 20.2. The Kier molecular flexibility index (Phi) is 5.39. The number of rotatable bonds is 4. The normalized spacial score (nSPS) is 17.1. The molecule has 30 heavy (non-hydrogen) atoms. The summed E-state index contributed by atoms with van der Waals surface area (Å²) in [6, 6.07) is 13.0. The lowest BCUT2D eigenvalue weighted by Crippen LogP contribution is -2.29. The molecule has 6 heteroatoms. The molecule has 0 spiro atoms. The maximum atomic E-state index is 13.3. The molecule has 0 bridgehead atoms. The highest BCUT2D eigenvalue weighted by Crippen LogP contribution is 2.47. The van der Waals surface area contributed by atoms with E-state index < -0.39 is 11.9 Å². The highest BCUT2D eigenvalue weighted by atomic mass is 127. The predicted octanol–water partition coefficient (Wildman–Crippen LogP) is 4.04. The number of hydrogen-bond donors (Lipinski definition) is 1. The molecule has 0 saturated carbocycles. The molecular formula is C24H18INO4. The van der Waals surface area contributed by atoms with Crippen LogP contribution in [-0.2, 0) is 9.53 Å². The summed E-state index contributed by atoms with van der Waals surface area (Å²) in [5, 5.41) is 3.27. The minimum atomic E-state index is -0.552. The van der Waals surface area contributed by atoms with Gasteiger partial charge in [-0.05, 0) is 47.2 Å². The Hall–Kier alpha value is -3.05. The van der Waals surface area contributed by atoms with Gasteiger partial charge in [0.1, 0.15) is 12.4 Å². The lowest BCUT2D eigenvalue weighted by molar-refractivity contribution is -0.136. The number of Topliss-reactive ketones (excluding diaryl/α,β-unsaturated/α-hetero) is 1. The number of esters is 1. The third-order valence-electron chi connectivity index (χ3n) is 5.25. The highest BCUT2D eigenvalue weighted by Gasteiger charge is 2.42. The van der Waals surface area contributed by atoms with Gasteiger partial charge in [-0.1, -0.05) is 36.3 Å². The van der Waals surface area contributed by atoms with Gasteiger partial charge in [0.05, 0.1) is 22.0 Å². The lowest BCUT2D eigenvalue weighted by Gasteiger charge is -2.29. The molecule has 1 N–H and O–H groups in total. The summed E-state index contributed by atoms with van der Waals surface area (Å²) in [7, 11) is 1.34. The van der Waals surface area contributed by atoms with Crippen LogP contribution in [0.25, 0.3) is 5.70 Å². The van der Waals surface area contributed by atoms with E-state index in [-0.39, 0.29) is 12.4 Å². The van der Waals surface area contributed by atoms with Gasteiger partial charge in [-0.15, -0.1) is 6.42 Å². The van der Waals surface area contributed by atoms with Crippen molar-refractivity contribution < 1.29 is 19.1 Å². The Balaban J connectivity index is 1.89. The molecule has 2 aliphatic rings. The van der Waals surface area contributed by atoms with Crippen LogP contribution in [-0.4, -0.2) is 25.5 Å². The maximum absolute atomic E-state index is 13.3. The molecule has 1 heterocycles. The summed E-state index contributed by atoms with van der Waals surface area (Å²) in [6.07, 6.45) is 5.29. The van der Waals surface area contributed by atoms with Crippen LogP contribution in [0.3, 0.4) is 0 Å². The second-order valence-electron chi connectivity index (χ2n) is 6.93. The quantitative estimate of drug-likeness (QED) is 0.382. The van der Waals surface area contributed by atoms with Crippen LogP contribution in [0, 0.1) is 15.9 Å². The molecule has 1 aliphatic heterocycles. The molecule has 150 valence electrons. The second kappa shape index (κ2) is 8.00. The molecule has 0 unspecified atom stereocenters. The molecular weight excluding hydrogens is 493 g/mol. The van der Waals surface area contributed by atoms with Crippen molar-refractivity contribution >= 4 is 40.0 Å². The Morgan fingerprint density at radius 2 is 1.97 bits per heavy atom. The molecule has 2 aromatic rings. The van der Waals surface area contributed by atoms with Crippen molar-refractivity contribution in [3.05, 3.63) is 79.6 Å². The molecule has 0 saturated heterocycles. The topological polar surface area (TPSA) is 64.6 Å². The zero-order chi connectivity index (χ0) is 21.4. The SMILES string of the molecule is C#CCOc1ccc([C@@H]2C(C(=O)OC)=C(C)NC3=C2C(=O)c2ccccc23)cc1I. The van der Waals surface area contributed by atoms with Gasteiger partial charge >= 0.3 is 5.97 Å². The van der Waals surface area contributed by atoms with Gasteiger partial charge in [-0.3, -0.25) is 4.79 Å². The zero-order valence-electron chi connectivity index (χ0n) is 16.4. The van der Waals surface area contributed by atoms with E-state index in [9.17, 15) is 9.59 Å². The number of allylic oxidation sites excluding steroid dienone is 2. The third kappa shape index (κ3) is 3.19. The fraction of sp³-hybridized carbons (Fsp3) is 0.167. The van der Waals surface area contributed by atoms with Crippen molar-refractivity contribution in [2.75, 3.05) is 13.7 Å². The summed E-state index contributed by atoms with van der Waals surface area (Å²) in [6.45, 7) is 1.99. The van der Waals surface area contributed by atoms with E-state index in [1.54, 1.807) is 0 Å².